The third kappa shape index (κ3) is 2.38. The van der Waals surface area contributed by atoms with Crippen LogP contribution in [-0.4, -0.2) is 29.9 Å². The van der Waals surface area contributed by atoms with Crippen molar-refractivity contribution in [3.63, 3.8) is 0 Å². The van der Waals surface area contributed by atoms with Gasteiger partial charge in [-0.3, -0.25) is 4.79 Å². The summed E-state index contributed by atoms with van der Waals surface area (Å²) in [6.45, 7) is 1.54. The van der Waals surface area contributed by atoms with Crippen molar-refractivity contribution in [3.8, 4) is 0 Å². The molecule has 1 heterocycles. The summed E-state index contributed by atoms with van der Waals surface area (Å²) in [5, 5.41) is 0. The predicted molar refractivity (Wildman–Crippen MR) is 79.2 cm³/mol. The fraction of sp³-hybridized carbons (Fsp3) is 0.500. The third-order valence-corrected chi connectivity index (χ3v) is 5.25. The van der Waals surface area contributed by atoms with E-state index in [1.54, 1.807) is 6.07 Å². The summed E-state index contributed by atoms with van der Waals surface area (Å²) in [7, 11) is 0. The van der Waals surface area contributed by atoms with Gasteiger partial charge in [-0.1, -0.05) is 0 Å². The molecule has 0 bridgehead atoms. The second-order valence-electron chi connectivity index (χ2n) is 5.50. The molecule has 3 unspecified atom stereocenters. The standard InChI is InChI=1S/C14H16FIN2O/c15-9-2-3-10(12(16)5-9)14(19)18-6-8-1-4-13(17)11(8)7-18/h2-3,5,8,11,13H,1,4,6-7,17H2. The van der Waals surface area contributed by atoms with E-state index in [4.69, 9.17) is 5.73 Å². The molecule has 1 aliphatic carbocycles. The van der Waals surface area contributed by atoms with Crippen molar-refractivity contribution in [1.29, 1.82) is 0 Å². The highest BCUT2D eigenvalue weighted by molar-refractivity contribution is 14.1. The van der Waals surface area contributed by atoms with Crippen molar-refractivity contribution in [1.82, 2.24) is 4.90 Å². The van der Waals surface area contributed by atoms with Gasteiger partial charge in [-0.05, 0) is 65.5 Å². The van der Waals surface area contributed by atoms with Gasteiger partial charge in [-0.15, -0.1) is 0 Å². The van der Waals surface area contributed by atoms with Crippen molar-refractivity contribution in [2.24, 2.45) is 17.6 Å². The molecule has 1 aliphatic heterocycles. The lowest BCUT2D eigenvalue weighted by Crippen LogP contribution is -2.33. The van der Waals surface area contributed by atoms with E-state index in [9.17, 15) is 9.18 Å². The summed E-state index contributed by atoms with van der Waals surface area (Å²) in [6, 6.07) is 4.55. The van der Waals surface area contributed by atoms with E-state index in [2.05, 4.69) is 0 Å². The third-order valence-electron chi connectivity index (χ3n) is 4.36. The first-order chi connectivity index (χ1) is 9.06. The zero-order valence-corrected chi connectivity index (χ0v) is 12.6. The van der Waals surface area contributed by atoms with Gasteiger partial charge >= 0.3 is 0 Å². The Morgan fingerprint density at radius 1 is 1.37 bits per heavy atom. The van der Waals surface area contributed by atoms with Crippen molar-refractivity contribution < 1.29 is 9.18 Å². The number of nitrogens with zero attached hydrogens (tertiary/aromatic N) is 1. The molecule has 3 nitrogen and oxygen atoms in total. The first-order valence-electron chi connectivity index (χ1n) is 6.56. The van der Waals surface area contributed by atoms with Crippen LogP contribution in [0.1, 0.15) is 23.2 Å². The second-order valence-corrected chi connectivity index (χ2v) is 6.66. The quantitative estimate of drug-likeness (QED) is 0.767. The number of nitrogens with two attached hydrogens (primary N) is 1. The molecule has 0 spiro atoms. The molecule has 3 rings (SSSR count). The van der Waals surface area contributed by atoms with Gasteiger partial charge < -0.3 is 10.6 Å². The predicted octanol–water partition coefficient (Wildman–Crippen LogP) is 2.24. The zero-order valence-electron chi connectivity index (χ0n) is 10.5. The van der Waals surface area contributed by atoms with Gasteiger partial charge in [0.05, 0.1) is 5.56 Å². The number of hydrogen-bond donors (Lipinski definition) is 1. The summed E-state index contributed by atoms with van der Waals surface area (Å²) < 4.78 is 13.8. The van der Waals surface area contributed by atoms with Crippen LogP contribution in [0.3, 0.4) is 0 Å². The molecule has 1 saturated heterocycles. The Bertz CT molecular complexity index is 522. The van der Waals surface area contributed by atoms with Crippen LogP contribution in [0.25, 0.3) is 0 Å². The molecule has 0 radical (unpaired) electrons. The maximum Gasteiger partial charge on any atom is 0.254 e. The highest BCUT2D eigenvalue weighted by Gasteiger charge is 2.42. The van der Waals surface area contributed by atoms with Gasteiger partial charge in [-0.25, -0.2) is 4.39 Å². The summed E-state index contributed by atoms with van der Waals surface area (Å²) in [5.41, 5.74) is 6.67. The summed E-state index contributed by atoms with van der Waals surface area (Å²) in [5.74, 6) is 0.700. The van der Waals surface area contributed by atoms with Gasteiger partial charge in [0.1, 0.15) is 5.82 Å². The molecule has 102 valence electrons. The highest BCUT2D eigenvalue weighted by Crippen LogP contribution is 2.37. The Balaban J connectivity index is 1.78. The van der Waals surface area contributed by atoms with Crippen LogP contribution in [0.5, 0.6) is 0 Å². The Labute approximate surface area is 125 Å². The Morgan fingerprint density at radius 3 is 2.84 bits per heavy atom. The van der Waals surface area contributed by atoms with Crippen LogP contribution in [0.4, 0.5) is 4.39 Å². The normalized spacial score (nSPS) is 29.6. The van der Waals surface area contributed by atoms with Crippen LogP contribution in [0.2, 0.25) is 0 Å². The minimum atomic E-state index is -0.304. The number of likely N-dealkylation sites (tertiary alicyclic amines) is 1. The van der Waals surface area contributed by atoms with Crippen LogP contribution in [0, 0.1) is 21.2 Å². The first-order valence-corrected chi connectivity index (χ1v) is 7.64. The van der Waals surface area contributed by atoms with Crippen molar-refractivity contribution >= 4 is 28.5 Å². The number of rotatable bonds is 1. The number of carbonyl (C=O) groups is 1. The molecule has 0 aromatic heterocycles. The highest BCUT2D eigenvalue weighted by atomic mass is 127. The smallest absolute Gasteiger partial charge is 0.254 e. The number of carbonyl (C=O) groups excluding carboxylic acids is 1. The topological polar surface area (TPSA) is 46.3 Å². The molecule has 1 amide bonds. The summed E-state index contributed by atoms with van der Waals surface area (Å²) in [4.78, 5) is 14.4. The van der Waals surface area contributed by atoms with E-state index in [1.807, 2.05) is 27.5 Å². The van der Waals surface area contributed by atoms with Crippen LogP contribution >= 0.6 is 22.6 Å². The van der Waals surface area contributed by atoms with Crippen LogP contribution in [-0.2, 0) is 0 Å². The maximum atomic E-state index is 13.1. The number of fused-ring (bicyclic) bond motifs is 1. The number of hydrogen-bond acceptors (Lipinski definition) is 2. The van der Waals surface area contributed by atoms with Gasteiger partial charge in [0, 0.05) is 22.7 Å². The fourth-order valence-corrected chi connectivity index (χ4v) is 4.01. The van der Waals surface area contributed by atoms with Crippen LogP contribution in [0.15, 0.2) is 18.2 Å². The largest absolute Gasteiger partial charge is 0.338 e. The zero-order chi connectivity index (χ0) is 13.6. The lowest BCUT2D eigenvalue weighted by atomic mass is 9.98. The van der Waals surface area contributed by atoms with Gasteiger partial charge in [-0.2, -0.15) is 0 Å². The number of amides is 1. The molecule has 3 atom stereocenters. The molecule has 2 N–H and O–H groups in total. The molecule has 1 aromatic rings. The van der Waals surface area contributed by atoms with E-state index in [1.165, 1.54) is 12.1 Å². The minimum absolute atomic E-state index is 0.00556. The lowest BCUT2D eigenvalue weighted by Gasteiger charge is -2.19. The summed E-state index contributed by atoms with van der Waals surface area (Å²) >= 11 is 2.01. The molecule has 1 aromatic carbocycles. The summed E-state index contributed by atoms with van der Waals surface area (Å²) in [6.07, 6.45) is 2.20. The van der Waals surface area contributed by atoms with E-state index < -0.39 is 0 Å². The molecule has 2 fully saturated rings. The molecule has 5 heteroatoms. The van der Waals surface area contributed by atoms with E-state index in [0.717, 1.165) is 25.9 Å². The molecule has 19 heavy (non-hydrogen) atoms. The SMILES string of the molecule is NC1CCC2CN(C(=O)c3ccc(F)cc3I)CC12. The second kappa shape index (κ2) is 5.01. The molecule has 1 saturated carbocycles. The van der Waals surface area contributed by atoms with Gasteiger partial charge in [0.15, 0.2) is 0 Å². The number of benzene rings is 1. The Hall–Kier alpha value is -0.690. The first kappa shape index (κ1) is 13.3. The molecular weight excluding hydrogens is 358 g/mol. The van der Waals surface area contributed by atoms with Gasteiger partial charge in [0.25, 0.3) is 5.91 Å². The maximum absolute atomic E-state index is 13.1. The van der Waals surface area contributed by atoms with Crippen molar-refractivity contribution in [2.45, 2.75) is 18.9 Å². The molecular formula is C14H16FIN2O. The van der Waals surface area contributed by atoms with E-state index in [0.29, 0.717) is 21.0 Å². The Morgan fingerprint density at radius 2 is 2.16 bits per heavy atom. The Kier molecular flexibility index (Phi) is 3.51. The lowest BCUT2D eigenvalue weighted by molar-refractivity contribution is 0.0778. The monoisotopic (exact) mass is 374 g/mol. The van der Waals surface area contributed by atoms with E-state index >= 15 is 0 Å². The van der Waals surface area contributed by atoms with Crippen LogP contribution < -0.4 is 5.73 Å². The average molecular weight is 374 g/mol. The average Bonchev–Trinajstić information content (AvgIpc) is 2.91. The molecule has 2 aliphatic rings. The fourth-order valence-electron chi connectivity index (χ4n) is 3.31. The van der Waals surface area contributed by atoms with Gasteiger partial charge in [0.2, 0.25) is 0 Å². The van der Waals surface area contributed by atoms with Crippen molar-refractivity contribution in [2.75, 3.05) is 13.1 Å². The van der Waals surface area contributed by atoms with E-state index in [-0.39, 0.29) is 17.8 Å². The minimum Gasteiger partial charge on any atom is -0.338 e. The van der Waals surface area contributed by atoms with Crippen molar-refractivity contribution in [3.05, 3.63) is 33.1 Å². The number of halogens is 2.